The van der Waals surface area contributed by atoms with Crippen LogP contribution in [0.15, 0.2) is 89.8 Å². The number of likely N-dealkylation sites (tertiary alicyclic amines) is 1. The second kappa shape index (κ2) is 12.7. The first-order chi connectivity index (χ1) is 21.5. The van der Waals surface area contributed by atoms with Crippen molar-refractivity contribution in [3.63, 3.8) is 0 Å². The van der Waals surface area contributed by atoms with E-state index in [-0.39, 0.29) is 30.1 Å². The van der Waals surface area contributed by atoms with Crippen LogP contribution in [0.4, 0.5) is 8.78 Å². The van der Waals surface area contributed by atoms with Gasteiger partial charge in [0.05, 0.1) is 11.0 Å². The van der Waals surface area contributed by atoms with E-state index < -0.39 is 33.5 Å². The molecule has 7 nitrogen and oxygen atoms in total. The van der Waals surface area contributed by atoms with E-state index in [1.165, 1.54) is 41.3 Å². The molecule has 2 atom stereocenters. The van der Waals surface area contributed by atoms with Crippen molar-refractivity contribution < 1.29 is 26.7 Å². The first kappa shape index (κ1) is 31.4. The Morgan fingerprint density at radius 3 is 2.18 bits per heavy atom. The molecule has 0 radical (unpaired) electrons. The second-order valence-electron chi connectivity index (χ2n) is 11.8. The molecule has 2 fully saturated rings. The van der Waals surface area contributed by atoms with Crippen molar-refractivity contribution in [2.45, 2.75) is 61.1 Å². The van der Waals surface area contributed by atoms with E-state index in [0.29, 0.717) is 28.1 Å². The lowest BCUT2D eigenvalue weighted by atomic mass is 9.97. The van der Waals surface area contributed by atoms with Gasteiger partial charge in [-0.1, -0.05) is 60.1 Å². The maximum absolute atomic E-state index is 16.3. The highest BCUT2D eigenvalue weighted by atomic mass is 35.5. The van der Waals surface area contributed by atoms with Gasteiger partial charge in [0.15, 0.2) is 6.04 Å². The number of rotatable bonds is 9. The Kier molecular flexibility index (Phi) is 8.85. The summed E-state index contributed by atoms with van der Waals surface area (Å²) in [6, 6.07) is 19.3. The van der Waals surface area contributed by atoms with Crippen molar-refractivity contribution >= 4 is 38.3 Å². The molecule has 0 spiro atoms. The zero-order valence-electron chi connectivity index (χ0n) is 24.5. The molecule has 6 rings (SSSR count). The first-order valence-electron chi connectivity index (χ1n) is 15.0. The monoisotopic (exact) mass is 653 g/mol. The van der Waals surface area contributed by atoms with Gasteiger partial charge < -0.3 is 15.4 Å². The molecule has 11 heteroatoms. The normalized spacial score (nSPS) is 18.4. The fourth-order valence-corrected chi connectivity index (χ4v) is 7.36. The molecule has 3 N–H and O–H groups in total. The quantitative estimate of drug-likeness (QED) is 0.215. The van der Waals surface area contributed by atoms with Gasteiger partial charge in [0.2, 0.25) is 15.9 Å². The standard InChI is InChI=1S/C34H34ClF2N3O4S/c35-27-13-7-23(8-14-27)22-5-11-26(12-6-22)34(36,37)32(33(41)40-18-17-28(38)21-40)39-45(42,43)31-16-10-24-19-30(15-9-25(24)20-31)44-29-3-1-2-4-29/h5-16,19-20,28-29,32,39H,1-4,17-18,21,38H2/t28-,32+/m1/s1. The lowest BCUT2D eigenvalue weighted by Crippen LogP contribution is -2.56. The molecule has 2 aliphatic rings. The van der Waals surface area contributed by atoms with E-state index >= 15 is 8.78 Å². The number of hydrogen-bond donors (Lipinski definition) is 2. The number of nitrogens with zero attached hydrogens (tertiary/aromatic N) is 1. The zero-order chi connectivity index (χ0) is 31.8. The number of sulfonamides is 1. The largest absolute Gasteiger partial charge is 0.490 e. The fraction of sp³-hybridized carbons (Fsp3) is 0.324. The second-order valence-corrected chi connectivity index (χ2v) is 13.9. The third-order valence-corrected chi connectivity index (χ3v) is 10.2. The van der Waals surface area contributed by atoms with Crippen LogP contribution in [-0.4, -0.2) is 50.5 Å². The predicted molar refractivity (Wildman–Crippen MR) is 171 cm³/mol. The summed E-state index contributed by atoms with van der Waals surface area (Å²) in [5.41, 5.74) is 6.88. The van der Waals surface area contributed by atoms with Gasteiger partial charge in [0.25, 0.3) is 5.92 Å². The molecule has 1 saturated heterocycles. The van der Waals surface area contributed by atoms with Crippen LogP contribution in [0.1, 0.15) is 37.7 Å². The molecule has 1 aliphatic carbocycles. The van der Waals surface area contributed by atoms with Crippen molar-refractivity contribution in [3.05, 3.63) is 95.5 Å². The molecule has 236 valence electrons. The van der Waals surface area contributed by atoms with Gasteiger partial charge >= 0.3 is 0 Å². The van der Waals surface area contributed by atoms with Gasteiger partial charge in [-0.3, -0.25) is 4.79 Å². The number of fused-ring (bicyclic) bond motifs is 1. The Morgan fingerprint density at radius 1 is 0.911 bits per heavy atom. The third kappa shape index (κ3) is 6.84. The number of halogens is 3. The van der Waals surface area contributed by atoms with Crippen molar-refractivity contribution in [2.24, 2.45) is 5.73 Å². The van der Waals surface area contributed by atoms with Crippen LogP contribution in [0.2, 0.25) is 5.02 Å². The highest BCUT2D eigenvalue weighted by Crippen LogP contribution is 2.36. The van der Waals surface area contributed by atoms with Gasteiger partial charge in [-0.15, -0.1) is 0 Å². The number of nitrogens with two attached hydrogens (primary N) is 1. The maximum atomic E-state index is 16.3. The molecule has 1 saturated carbocycles. The maximum Gasteiger partial charge on any atom is 0.298 e. The number of carbonyl (C=O) groups is 1. The summed E-state index contributed by atoms with van der Waals surface area (Å²) < 4.78 is 68.0. The minimum atomic E-state index is -4.57. The SMILES string of the molecule is N[C@@H]1CCN(C(=O)[C@H](NS(=O)(=O)c2ccc3cc(OC4CCCC4)ccc3c2)C(F)(F)c2ccc(-c3ccc(Cl)cc3)cc2)C1. The Balaban J connectivity index is 1.29. The van der Waals surface area contributed by atoms with Gasteiger partial charge in [0, 0.05) is 29.7 Å². The van der Waals surface area contributed by atoms with Crippen LogP contribution >= 0.6 is 11.6 Å². The number of carbonyl (C=O) groups excluding carboxylic acids is 1. The van der Waals surface area contributed by atoms with Gasteiger partial charge in [0.1, 0.15) is 5.75 Å². The van der Waals surface area contributed by atoms with E-state index in [2.05, 4.69) is 4.72 Å². The topological polar surface area (TPSA) is 102 Å². The van der Waals surface area contributed by atoms with Crippen LogP contribution in [-0.2, 0) is 20.7 Å². The lowest BCUT2D eigenvalue weighted by molar-refractivity contribution is -0.143. The molecular formula is C34H34ClF2N3O4S. The highest BCUT2D eigenvalue weighted by Gasteiger charge is 2.50. The number of benzene rings is 4. The Morgan fingerprint density at radius 2 is 1.53 bits per heavy atom. The summed E-state index contributed by atoms with van der Waals surface area (Å²) >= 11 is 5.97. The Labute approximate surface area is 266 Å². The lowest BCUT2D eigenvalue weighted by Gasteiger charge is -2.30. The zero-order valence-corrected chi connectivity index (χ0v) is 26.0. The van der Waals surface area contributed by atoms with Crippen LogP contribution in [0.3, 0.4) is 0 Å². The average Bonchev–Trinajstić information content (AvgIpc) is 3.71. The molecule has 45 heavy (non-hydrogen) atoms. The molecule has 1 amide bonds. The summed E-state index contributed by atoms with van der Waals surface area (Å²) in [6.45, 7) is 0.217. The highest BCUT2D eigenvalue weighted by molar-refractivity contribution is 7.89. The van der Waals surface area contributed by atoms with Gasteiger partial charge in [-0.2, -0.15) is 13.5 Å². The summed E-state index contributed by atoms with van der Waals surface area (Å²) in [4.78, 5) is 14.5. The fourth-order valence-electron chi connectivity index (χ4n) is 6.01. The minimum absolute atomic E-state index is 0.0594. The Hall–Kier alpha value is -3.57. The number of ether oxygens (including phenoxy) is 1. The molecule has 0 bridgehead atoms. The van der Waals surface area contributed by atoms with Gasteiger partial charge in [-0.05, 0) is 90.4 Å². The van der Waals surface area contributed by atoms with E-state index in [1.54, 1.807) is 42.5 Å². The summed E-state index contributed by atoms with van der Waals surface area (Å²) in [6.07, 6.45) is 4.87. The summed E-state index contributed by atoms with van der Waals surface area (Å²) in [5, 5.41) is 1.88. The summed E-state index contributed by atoms with van der Waals surface area (Å²) in [7, 11) is -4.57. The van der Waals surface area contributed by atoms with Crippen molar-refractivity contribution in [3.8, 4) is 16.9 Å². The van der Waals surface area contributed by atoms with Gasteiger partial charge in [-0.25, -0.2) is 8.42 Å². The van der Waals surface area contributed by atoms with Crippen molar-refractivity contribution in [2.75, 3.05) is 13.1 Å². The molecule has 4 aromatic carbocycles. The molecule has 0 unspecified atom stereocenters. The van der Waals surface area contributed by atoms with E-state index in [9.17, 15) is 13.2 Å². The predicted octanol–water partition coefficient (Wildman–Crippen LogP) is 6.48. The molecule has 4 aromatic rings. The van der Waals surface area contributed by atoms with Crippen molar-refractivity contribution in [1.82, 2.24) is 9.62 Å². The molecule has 1 heterocycles. The average molecular weight is 654 g/mol. The van der Waals surface area contributed by atoms with E-state index in [1.807, 2.05) is 6.07 Å². The van der Waals surface area contributed by atoms with E-state index in [0.717, 1.165) is 36.6 Å². The molecular weight excluding hydrogens is 620 g/mol. The Bertz CT molecular complexity index is 1800. The first-order valence-corrected chi connectivity index (χ1v) is 16.9. The summed E-state index contributed by atoms with van der Waals surface area (Å²) in [5.74, 6) is -4.23. The van der Waals surface area contributed by atoms with Crippen LogP contribution in [0, 0.1) is 0 Å². The number of amides is 1. The van der Waals surface area contributed by atoms with Crippen LogP contribution in [0.5, 0.6) is 5.75 Å². The number of alkyl halides is 2. The molecule has 0 aromatic heterocycles. The van der Waals surface area contributed by atoms with Crippen LogP contribution < -0.4 is 15.2 Å². The van der Waals surface area contributed by atoms with Crippen LogP contribution in [0.25, 0.3) is 21.9 Å². The van der Waals surface area contributed by atoms with E-state index in [4.69, 9.17) is 22.1 Å². The minimum Gasteiger partial charge on any atom is -0.490 e. The smallest absolute Gasteiger partial charge is 0.298 e. The number of hydrogen-bond acceptors (Lipinski definition) is 5. The third-order valence-electron chi connectivity index (χ3n) is 8.56. The molecule has 1 aliphatic heterocycles. The van der Waals surface area contributed by atoms with Crippen molar-refractivity contribution in [1.29, 1.82) is 0 Å². The number of nitrogens with one attached hydrogen (secondary N) is 1.